The monoisotopic (exact) mass is 313 g/mol. The summed E-state index contributed by atoms with van der Waals surface area (Å²) < 4.78 is 6.96. The maximum Gasteiger partial charge on any atom is 0.152 e. The first-order valence-corrected chi connectivity index (χ1v) is 6.97. The van der Waals surface area contributed by atoms with Crippen LogP contribution in [0.4, 0.5) is 5.69 Å². The van der Waals surface area contributed by atoms with Gasteiger partial charge in [0.1, 0.15) is 18.3 Å². The van der Waals surface area contributed by atoms with Gasteiger partial charge in [-0.1, -0.05) is 11.6 Å². The van der Waals surface area contributed by atoms with E-state index in [1.54, 1.807) is 16.8 Å². The first-order valence-electron chi connectivity index (χ1n) is 6.59. The highest BCUT2D eigenvalue weighted by Crippen LogP contribution is 2.24. The van der Waals surface area contributed by atoms with E-state index < -0.39 is 24.4 Å². The van der Waals surface area contributed by atoms with Gasteiger partial charge in [0.25, 0.3) is 0 Å². The molecule has 7 nitrogen and oxygen atoms in total. The number of ether oxygens (including phenoxy) is 1. The van der Waals surface area contributed by atoms with Gasteiger partial charge < -0.3 is 25.4 Å². The lowest BCUT2D eigenvalue weighted by Gasteiger charge is -2.37. The number of anilines is 1. The van der Waals surface area contributed by atoms with Crippen molar-refractivity contribution in [3.63, 3.8) is 0 Å². The first kappa shape index (κ1) is 14.6. The smallest absolute Gasteiger partial charge is 0.152 e. The van der Waals surface area contributed by atoms with Crippen molar-refractivity contribution in [3.8, 4) is 0 Å². The molecule has 114 valence electrons. The Morgan fingerprint density at radius 2 is 2.24 bits per heavy atom. The van der Waals surface area contributed by atoms with Crippen LogP contribution in [0, 0.1) is 0 Å². The van der Waals surface area contributed by atoms with Crippen LogP contribution in [-0.4, -0.2) is 62.5 Å². The normalized spacial score (nSPS) is 29.7. The minimum atomic E-state index is -1.15. The molecule has 0 aliphatic carbocycles. The zero-order chi connectivity index (χ0) is 15.0. The summed E-state index contributed by atoms with van der Waals surface area (Å²) in [5, 5.41) is 36.6. The van der Waals surface area contributed by atoms with Gasteiger partial charge in [-0.15, -0.1) is 0 Å². The second-order valence-corrected chi connectivity index (χ2v) is 5.39. The summed E-state index contributed by atoms with van der Waals surface area (Å²) in [6.45, 7) is -0.175. The van der Waals surface area contributed by atoms with Crippen molar-refractivity contribution in [2.45, 2.75) is 24.4 Å². The van der Waals surface area contributed by atoms with Crippen molar-refractivity contribution in [1.82, 2.24) is 9.61 Å². The maximum atomic E-state index is 10.1. The topological polar surface area (TPSA) is 99.3 Å². The van der Waals surface area contributed by atoms with Crippen molar-refractivity contribution < 1.29 is 20.1 Å². The zero-order valence-electron chi connectivity index (χ0n) is 11.1. The molecule has 0 saturated carbocycles. The number of halogens is 1. The number of aromatic nitrogens is 2. The predicted octanol–water partition coefficient (Wildman–Crippen LogP) is -0.119. The van der Waals surface area contributed by atoms with Crippen LogP contribution in [0.2, 0.25) is 5.15 Å². The van der Waals surface area contributed by atoms with Crippen molar-refractivity contribution in [3.05, 3.63) is 29.5 Å². The lowest BCUT2D eigenvalue weighted by Crippen LogP contribution is -2.56. The third kappa shape index (κ3) is 2.70. The molecule has 0 aromatic carbocycles. The first-order chi connectivity index (χ1) is 10.1. The molecule has 1 saturated heterocycles. The van der Waals surface area contributed by atoms with Gasteiger partial charge in [-0.3, -0.25) is 0 Å². The Labute approximate surface area is 125 Å². The predicted molar refractivity (Wildman–Crippen MR) is 76.5 cm³/mol. The van der Waals surface area contributed by atoms with Crippen LogP contribution in [0.3, 0.4) is 0 Å². The van der Waals surface area contributed by atoms with Gasteiger partial charge in [0, 0.05) is 12.3 Å². The molecule has 3 rings (SSSR count). The van der Waals surface area contributed by atoms with E-state index >= 15 is 0 Å². The van der Waals surface area contributed by atoms with E-state index in [0.717, 1.165) is 5.52 Å². The maximum absolute atomic E-state index is 10.1. The molecule has 1 aliphatic rings. The number of fused-ring (bicyclic) bond motifs is 1. The van der Waals surface area contributed by atoms with Crippen LogP contribution in [0.5, 0.6) is 0 Å². The van der Waals surface area contributed by atoms with Crippen molar-refractivity contribution >= 4 is 22.8 Å². The van der Waals surface area contributed by atoms with Crippen LogP contribution >= 0.6 is 11.6 Å². The minimum absolute atomic E-state index is 0.163. The number of hydrogen-bond acceptors (Lipinski definition) is 6. The molecular formula is C13H16ClN3O4. The Morgan fingerprint density at radius 3 is 3.00 bits per heavy atom. The molecule has 0 unspecified atom stereocenters. The van der Waals surface area contributed by atoms with E-state index in [0.29, 0.717) is 10.8 Å². The number of aliphatic hydroxyl groups excluding tert-OH is 3. The Balaban J connectivity index is 1.84. The molecule has 1 fully saturated rings. The number of aliphatic hydroxyl groups is 3. The van der Waals surface area contributed by atoms with Crippen LogP contribution in [0.15, 0.2) is 24.4 Å². The summed E-state index contributed by atoms with van der Waals surface area (Å²) in [6, 6.07) is 4.82. The molecule has 0 spiro atoms. The average Bonchev–Trinajstić information content (AvgIpc) is 2.92. The number of rotatable bonds is 3. The van der Waals surface area contributed by atoms with Gasteiger partial charge >= 0.3 is 0 Å². The second kappa shape index (κ2) is 5.78. The standard InChI is InChI=1S/C13H16ClN3O4/c14-11-4-7(9-2-1-3-17(9)16-11)15-8-6-21-10(5-18)13(20)12(8)19/h1-4,8,10,12-13,15,18-20H,5-6H2/t8-,10+,12+,13-/m0/s1. The molecule has 8 heteroatoms. The van der Waals surface area contributed by atoms with Gasteiger partial charge in [-0.05, 0) is 12.1 Å². The van der Waals surface area contributed by atoms with E-state index in [1.165, 1.54) is 0 Å². The average molecular weight is 314 g/mol. The summed E-state index contributed by atoms with van der Waals surface area (Å²) in [7, 11) is 0. The van der Waals surface area contributed by atoms with E-state index in [9.17, 15) is 10.2 Å². The van der Waals surface area contributed by atoms with Crippen LogP contribution in [0.1, 0.15) is 0 Å². The van der Waals surface area contributed by atoms with E-state index in [2.05, 4.69) is 10.4 Å². The molecule has 4 atom stereocenters. The molecule has 0 bridgehead atoms. The van der Waals surface area contributed by atoms with Gasteiger partial charge in [-0.25, -0.2) is 4.52 Å². The van der Waals surface area contributed by atoms with Gasteiger partial charge in [-0.2, -0.15) is 5.10 Å². The van der Waals surface area contributed by atoms with Crippen molar-refractivity contribution in [2.75, 3.05) is 18.5 Å². The van der Waals surface area contributed by atoms with Crippen LogP contribution in [-0.2, 0) is 4.74 Å². The molecule has 0 radical (unpaired) electrons. The van der Waals surface area contributed by atoms with Crippen LogP contribution in [0.25, 0.3) is 5.52 Å². The number of nitrogens with one attached hydrogen (secondary N) is 1. The van der Waals surface area contributed by atoms with Gasteiger partial charge in [0.05, 0.1) is 30.5 Å². The third-order valence-electron chi connectivity index (χ3n) is 3.62. The summed E-state index contributed by atoms with van der Waals surface area (Å²) in [5.41, 5.74) is 1.48. The van der Waals surface area contributed by atoms with Crippen LogP contribution < -0.4 is 5.32 Å². The van der Waals surface area contributed by atoms with E-state index in [1.807, 2.05) is 12.1 Å². The molecule has 2 aromatic rings. The minimum Gasteiger partial charge on any atom is -0.394 e. The Morgan fingerprint density at radius 1 is 1.43 bits per heavy atom. The molecule has 21 heavy (non-hydrogen) atoms. The van der Waals surface area contributed by atoms with Gasteiger partial charge in [0.15, 0.2) is 5.15 Å². The molecule has 3 heterocycles. The second-order valence-electron chi connectivity index (χ2n) is 5.01. The Hall–Kier alpha value is -1.38. The zero-order valence-corrected chi connectivity index (χ0v) is 11.8. The largest absolute Gasteiger partial charge is 0.394 e. The molecule has 0 amide bonds. The molecule has 1 aliphatic heterocycles. The van der Waals surface area contributed by atoms with E-state index in [4.69, 9.17) is 21.4 Å². The Kier molecular flexibility index (Phi) is 4.01. The SMILES string of the molecule is OC[C@H]1OC[C@H](Nc2cc(Cl)nn3cccc23)[C@@H](O)[C@H]1O. The number of hydrogen-bond donors (Lipinski definition) is 4. The summed E-state index contributed by atoms with van der Waals surface area (Å²) in [5.74, 6) is 0. The lowest BCUT2D eigenvalue weighted by molar-refractivity contribution is -0.152. The summed E-state index contributed by atoms with van der Waals surface area (Å²) in [4.78, 5) is 0. The quantitative estimate of drug-likeness (QED) is 0.630. The highest BCUT2D eigenvalue weighted by molar-refractivity contribution is 6.29. The summed E-state index contributed by atoms with van der Waals surface area (Å²) >= 11 is 5.96. The number of nitrogens with zero attached hydrogens (tertiary/aromatic N) is 2. The fourth-order valence-electron chi connectivity index (χ4n) is 2.48. The van der Waals surface area contributed by atoms with E-state index in [-0.39, 0.29) is 13.2 Å². The van der Waals surface area contributed by atoms with Crippen molar-refractivity contribution in [2.24, 2.45) is 0 Å². The van der Waals surface area contributed by atoms with Crippen molar-refractivity contribution in [1.29, 1.82) is 0 Å². The fourth-order valence-corrected chi connectivity index (χ4v) is 2.67. The summed E-state index contributed by atoms with van der Waals surface area (Å²) in [6.07, 6.45) is -1.22. The molecule has 4 N–H and O–H groups in total. The lowest BCUT2D eigenvalue weighted by atomic mass is 9.98. The highest BCUT2D eigenvalue weighted by Gasteiger charge is 2.38. The molecular weight excluding hydrogens is 298 g/mol. The highest BCUT2D eigenvalue weighted by atomic mass is 35.5. The Bertz CT molecular complexity index is 635. The fraction of sp³-hybridized carbons (Fsp3) is 0.462. The van der Waals surface area contributed by atoms with Gasteiger partial charge in [0.2, 0.25) is 0 Å². The third-order valence-corrected chi connectivity index (χ3v) is 3.81. The molecule has 2 aromatic heterocycles.